The van der Waals surface area contributed by atoms with Crippen molar-refractivity contribution < 1.29 is 4.79 Å². The van der Waals surface area contributed by atoms with Crippen molar-refractivity contribution in [1.82, 2.24) is 10.2 Å². The number of hydrogen-bond acceptors (Lipinski definition) is 2. The van der Waals surface area contributed by atoms with E-state index in [1.54, 1.807) is 0 Å². The quantitative estimate of drug-likeness (QED) is 0.858. The minimum absolute atomic E-state index is 0.0486. The maximum Gasteiger partial charge on any atom is 0.239 e. The molecule has 3 heteroatoms. The first kappa shape index (κ1) is 13.1. The molecule has 2 rings (SSSR count). The van der Waals surface area contributed by atoms with Crippen molar-refractivity contribution in [2.75, 3.05) is 19.6 Å². The summed E-state index contributed by atoms with van der Waals surface area (Å²) in [5, 5.41) is 3.24. The third kappa shape index (κ3) is 3.10. The largest absolute Gasteiger partial charge is 0.341 e. The van der Waals surface area contributed by atoms with E-state index in [0.717, 1.165) is 32.5 Å². The number of hydrogen-bond donors (Lipinski definition) is 1. The van der Waals surface area contributed by atoms with E-state index in [9.17, 15) is 4.79 Å². The second kappa shape index (κ2) is 6.01. The number of rotatable bonds is 5. The van der Waals surface area contributed by atoms with Gasteiger partial charge in [-0.05, 0) is 31.9 Å². The molecule has 1 unspecified atom stereocenters. The predicted octanol–water partition coefficient (Wildman–Crippen LogP) is 1.75. The predicted molar refractivity (Wildman–Crippen MR) is 73.5 cm³/mol. The summed E-state index contributed by atoms with van der Waals surface area (Å²) in [4.78, 5) is 14.0. The molecule has 1 amide bonds. The number of likely N-dealkylation sites (N-methyl/N-ethyl adjacent to an activating group) is 1. The highest BCUT2D eigenvalue weighted by Gasteiger charge is 2.30. The minimum atomic E-state index is 0.0486. The van der Waals surface area contributed by atoms with Crippen molar-refractivity contribution in [3.63, 3.8) is 0 Å². The highest BCUT2D eigenvalue weighted by molar-refractivity contribution is 5.83. The minimum Gasteiger partial charge on any atom is -0.341 e. The molecular formula is C15H22N2O. The summed E-state index contributed by atoms with van der Waals surface area (Å²) in [5.74, 6) is 0.268. The van der Waals surface area contributed by atoms with Crippen LogP contribution in [0.15, 0.2) is 24.3 Å². The molecule has 1 aromatic rings. The summed E-state index contributed by atoms with van der Waals surface area (Å²) in [5.41, 5.74) is 2.60. The van der Waals surface area contributed by atoms with Crippen molar-refractivity contribution in [2.24, 2.45) is 0 Å². The van der Waals surface area contributed by atoms with Crippen LogP contribution in [-0.4, -0.2) is 36.5 Å². The van der Waals surface area contributed by atoms with Crippen LogP contribution in [0.3, 0.4) is 0 Å². The highest BCUT2D eigenvalue weighted by atomic mass is 16.2. The number of carbonyl (C=O) groups is 1. The molecule has 98 valence electrons. The molecule has 0 aliphatic carbocycles. The van der Waals surface area contributed by atoms with Crippen LogP contribution >= 0.6 is 0 Å². The Labute approximate surface area is 109 Å². The molecule has 1 fully saturated rings. The lowest BCUT2D eigenvalue weighted by Crippen LogP contribution is -2.38. The second-order valence-electron chi connectivity index (χ2n) is 4.96. The van der Waals surface area contributed by atoms with Crippen LogP contribution in [0, 0.1) is 6.92 Å². The van der Waals surface area contributed by atoms with Crippen molar-refractivity contribution in [3.8, 4) is 0 Å². The number of nitrogens with one attached hydrogen (secondary N) is 1. The van der Waals surface area contributed by atoms with E-state index in [1.165, 1.54) is 11.1 Å². The lowest BCUT2D eigenvalue weighted by Gasteiger charge is -2.17. The Bertz CT molecular complexity index is 417. The summed E-state index contributed by atoms with van der Waals surface area (Å²) >= 11 is 0. The van der Waals surface area contributed by atoms with Crippen LogP contribution in [-0.2, 0) is 11.2 Å². The van der Waals surface area contributed by atoms with Gasteiger partial charge in [-0.15, -0.1) is 0 Å². The smallest absolute Gasteiger partial charge is 0.239 e. The van der Waals surface area contributed by atoms with Gasteiger partial charge in [0.2, 0.25) is 5.91 Å². The van der Waals surface area contributed by atoms with Crippen LogP contribution in [0.25, 0.3) is 0 Å². The van der Waals surface area contributed by atoms with Gasteiger partial charge in [-0.1, -0.05) is 36.8 Å². The van der Waals surface area contributed by atoms with Crippen LogP contribution in [0.5, 0.6) is 0 Å². The number of carbonyl (C=O) groups excluding carboxylic acids is 1. The fourth-order valence-corrected chi connectivity index (χ4v) is 2.53. The Kier molecular flexibility index (Phi) is 4.37. The molecule has 1 aliphatic heterocycles. The van der Waals surface area contributed by atoms with Crippen molar-refractivity contribution in [1.29, 1.82) is 0 Å². The Morgan fingerprint density at radius 3 is 3.00 bits per heavy atom. The van der Waals surface area contributed by atoms with E-state index in [-0.39, 0.29) is 11.9 Å². The second-order valence-corrected chi connectivity index (χ2v) is 4.96. The Balaban J connectivity index is 1.86. The molecule has 18 heavy (non-hydrogen) atoms. The van der Waals surface area contributed by atoms with Gasteiger partial charge >= 0.3 is 0 Å². The zero-order valence-corrected chi connectivity index (χ0v) is 11.3. The summed E-state index contributed by atoms with van der Waals surface area (Å²) in [7, 11) is 0. The van der Waals surface area contributed by atoms with Crippen molar-refractivity contribution in [3.05, 3.63) is 35.4 Å². The molecule has 1 aliphatic rings. The fraction of sp³-hybridized carbons (Fsp3) is 0.533. The lowest BCUT2D eigenvalue weighted by atomic mass is 10.1. The highest BCUT2D eigenvalue weighted by Crippen LogP contribution is 2.13. The first-order valence-electron chi connectivity index (χ1n) is 6.78. The topological polar surface area (TPSA) is 32.3 Å². The molecular weight excluding hydrogens is 224 g/mol. The van der Waals surface area contributed by atoms with Gasteiger partial charge in [-0.3, -0.25) is 4.79 Å². The standard InChI is InChI=1S/C15H22N2O/c1-3-16-14-8-10-17(15(14)18)9-7-13-6-4-5-12(2)11-13/h4-6,11,14,16H,3,7-10H2,1-2H3. The fourth-order valence-electron chi connectivity index (χ4n) is 2.53. The monoisotopic (exact) mass is 246 g/mol. The molecule has 0 saturated carbocycles. The maximum absolute atomic E-state index is 12.0. The van der Waals surface area contributed by atoms with Gasteiger partial charge in [-0.2, -0.15) is 0 Å². The molecule has 3 nitrogen and oxygen atoms in total. The first-order valence-corrected chi connectivity index (χ1v) is 6.78. The first-order chi connectivity index (χ1) is 8.70. The van der Waals surface area contributed by atoms with E-state index in [0.29, 0.717) is 0 Å². The van der Waals surface area contributed by atoms with E-state index in [1.807, 2.05) is 11.8 Å². The summed E-state index contributed by atoms with van der Waals surface area (Å²) < 4.78 is 0. The summed E-state index contributed by atoms with van der Waals surface area (Å²) in [6, 6.07) is 8.56. The average molecular weight is 246 g/mol. The molecule has 1 heterocycles. The van der Waals surface area contributed by atoms with Gasteiger partial charge in [0.05, 0.1) is 6.04 Å². The molecule has 0 aromatic heterocycles. The number of likely N-dealkylation sites (tertiary alicyclic amines) is 1. The summed E-state index contributed by atoms with van der Waals surface area (Å²) in [6.45, 7) is 6.74. The molecule has 1 N–H and O–H groups in total. The zero-order valence-electron chi connectivity index (χ0n) is 11.3. The Hall–Kier alpha value is -1.35. The molecule has 0 bridgehead atoms. The number of aryl methyl sites for hydroxylation is 1. The van der Waals surface area contributed by atoms with E-state index >= 15 is 0 Å². The van der Waals surface area contributed by atoms with Gasteiger partial charge in [0.15, 0.2) is 0 Å². The van der Waals surface area contributed by atoms with E-state index < -0.39 is 0 Å². The van der Waals surface area contributed by atoms with Gasteiger partial charge < -0.3 is 10.2 Å². The Morgan fingerprint density at radius 1 is 1.44 bits per heavy atom. The van der Waals surface area contributed by atoms with E-state index in [2.05, 4.69) is 36.5 Å². The van der Waals surface area contributed by atoms with Crippen molar-refractivity contribution in [2.45, 2.75) is 32.7 Å². The number of benzene rings is 1. The van der Waals surface area contributed by atoms with Crippen LogP contribution in [0.2, 0.25) is 0 Å². The summed E-state index contributed by atoms with van der Waals surface area (Å²) in [6.07, 6.45) is 1.90. The van der Waals surface area contributed by atoms with E-state index in [4.69, 9.17) is 0 Å². The van der Waals surface area contributed by atoms with Crippen molar-refractivity contribution >= 4 is 5.91 Å². The average Bonchev–Trinajstić information content (AvgIpc) is 2.69. The molecule has 1 aromatic carbocycles. The zero-order chi connectivity index (χ0) is 13.0. The Morgan fingerprint density at radius 2 is 2.28 bits per heavy atom. The molecule has 0 spiro atoms. The third-order valence-corrected chi connectivity index (χ3v) is 3.50. The van der Waals surface area contributed by atoms with Gasteiger partial charge in [0.1, 0.15) is 0 Å². The van der Waals surface area contributed by atoms with Crippen LogP contribution in [0.4, 0.5) is 0 Å². The SMILES string of the molecule is CCNC1CCN(CCc2cccc(C)c2)C1=O. The van der Waals surface area contributed by atoms with Gasteiger partial charge in [0.25, 0.3) is 0 Å². The lowest BCUT2D eigenvalue weighted by molar-refractivity contribution is -0.129. The molecule has 1 atom stereocenters. The van der Waals surface area contributed by atoms with Crippen LogP contribution in [0.1, 0.15) is 24.5 Å². The normalized spacial score (nSPS) is 19.6. The van der Waals surface area contributed by atoms with Gasteiger partial charge in [-0.25, -0.2) is 0 Å². The van der Waals surface area contributed by atoms with Gasteiger partial charge in [0, 0.05) is 13.1 Å². The third-order valence-electron chi connectivity index (χ3n) is 3.50. The maximum atomic E-state index is 12.0. The molecule has 0 radical (unpaired) electrons. The molecule has 1 saturated heterocycles. The van der Waals surface area contributed by atoms with Crippen LogP contribution < -0.4 is 5.32 Å². The number of amides is 1. The number of nitrogens with zero attached hydrogens (tertiary/aromatic N) is 1.